The average Bonchev–Trinajstić information content (AvgIpc) is 2.39. The molecule has 0 N–H and O–H groups in total. The fourth-order valence-electron chi connectivity index (χ4n) is 1.31. The second-order valence-electron chi connectivity index (χ2n) is 3.40. The standard InChI is InChI=1S/C13H11NO3S/c15-13(18)9-16-10-5-1-2-6-11(10)17-12-7-3-4-8-14-12/h1-8H,9H2,(H,15,18). The number of para-hydroxylation sites is 2. The zero-order valence-electron chi connectivity index (χ0n) is 9.45. The highest BCUT2D eigenvalue weighted by molar-refractivity contribution is 7.96. The maximum Gasteiger partial charge on any atom is 0.223 e. The number of aromatic nitrogens is 1. The first kappa shape index (κ1) is 12.4. The molecule has 0 aliphatic rings. The molecule has 0 saturated heterocycles. The molecule has 1 aromatic heterocycles. The predicted octanol–water partition coefficient (Wildman–Crippen LogP) is 2.71. The van der Waals surface area contributed by atoms with Crippen LogP contribution in [0.25, 0.3) is 0 Å². The van der Waals surface area contributed by atoms with Crippen LogP contribution in [-0.4, -0.2) is 16.7 Å². The third kappa shape index (κ3) is 3.49. The molecule has 0 spiro atoms. The number of rotatable bonds is 5. The smallest absolute Gasteiger partial charge is 0.223 e. The highest BCUT2D eigenvalue weighted by atomic mass is 32.1. The van der Waals surface area contributed by atoms with Gasteiger partial charge in [-0.2, -0.15) is 0 Å². The minimum atomic E-state index is -0.345. The molecule has 0 aliphatic heterocycles. The van der Waals surface area contributed by atoms with Gasteiger partial charge in [-0.1, -0.05) is 18.2 Å². The Hall–Kier alpha value is -2.01. The molecule has 1 aromatic carbocycles. The van der Waals surface area contributed by atoms with Gasteiger partial charge < -0.3 is 9.47 Å². The molecule has 4 nitrogen and oxygen atoms in total. The fraction of sp³-hybridized carbons (Fsp3) is 0.0769. The van der Waals surface area contributed by atoms with Crippen LogP contribution in [0.15, 0.2) is 48.7 Å². The number of hydrogen-bond acceptors (Lipinski definition) is 4. The minimum absolute atomic E-state index is 0.105. The molecule has 0 amide bonds. The molecule has 2 rings (SSSR count). The Morgan fingerprint density at radius 1 is 1.11 bits per heavy atom. The first-order chi connectivity index (χ1) is 8.75. The SMILES string of the molecule is O=C(S)COc1ccccc1Oc1ccccn1. The van der Waals surface area contributed by atoms with E-state index in [0.29, 0.717) is 17.4 Å². The van der Waals surface area contributed by atoms with Crippen molar-refractivity contribution in [3.8, 4) is 17.4 Å². The van der Waals surface area contributed by atoms with E-state index in [1.807, 2.05) is 12.1 Å². The van der Waals surface area contributed by atoms with E-state index < -0.39 is 0 Å². The Morgan fingerprint density at radius 3 is 2.50 bits per heavy atom. The Kier molecular flexibility index (Phi) is 4.20. The molecule has 0 saturated carbocycles. The van der Waals surface area contributed by atoms with Gasteiger partial charge in [0.25, 0.3) is 0 Å². The first-order valence-corrected chi connectivity index (χ1v) is 5.73. The molecule has 0 fully saturated rings. The van der Waals surface area contributed by atoms with Crippen molar-refractivity contribution in [1.82, 2.24) is 4.98 Å². The van der Waals surface area contributed by atoms with Crippen LogP contribution in [-0.2, 0) is 4.79 Å². The summed E-state index contributed by atoms with van der Waals surface area (Å²) in [6.07, 6.45) is 1.63. The van der Waals surface area contributed by atoms with Gasteiger partial charge in [0.15, 0.2) is 18.1 Å². The number of ether oxygens (including phenoxy) is 2. The molecule has 92 valence electrons. The van der Waals surface area contributed by atoms with Crippen molar-refractivity contribution in [3.63, 3.8) is 0 Å². The van der Waals surface area contributed by atoms with Gasteiger partial charge in [-0.05, 0) is 18.2 Å². The Balaban J connectivity index is 2.14. The maximum atomic E-state index is 10.8. The van der Waals surface area contributed by atoms with E-state index in [1.165, 1.54) is 0 Å². The summed E-state index contributed by atoms with van der Waals surface area (Å²) < 4.78 is 10.9. The zero-order valence-corrected chi connectivity index (χ0v) is 10.3. The topological polar surface area (TPSA) is 48.4 Å². The Bertz CT molecular complexity index is 531. The quantitative estimate of drug-likeness (QED) is 0.841. The van der Waals surface area contributed by atoms with Gasteiger partial charge in [0.05, 0.1) is 0 Å². The lowest BCUT2D eigenvalue weighted by Crippen LogP contribution is -2.05. The van der Waals surface area contributed by atoms with Crippen molar-refractivity contribution >= 4 is 17.7 Å². The lowest BCUT2D eigenvalue weighted by Gasteiger charge is -2.10. The molecule has 0 atom stereocenters. The zero-order chi connectivity index (χ0) is 12.8. The first-order valence-electron chi connectivity index (χ1n) is 5.28. The van der Waals surface area contributed by atoms with Gasteiger partial charge in [-0.25, -0.2) is 4.98 Å². The molecule has 0 aliphatic carbocycles. The highest BCUT2D eigenvalue weighted by Gasteiger charge is 2.07. The van der Waals surface area contributed by atoms with Crippen LogP contribution in [0, 0.1) is 0 Å². The van der Waals surface area contributed by atoms with Crippen LogP contribution in [0.5, 0.6) is 17.4 Å². The number of pyridine rings is 1. The fourth-order valence-corrected chi connectivity index (χ4v) is 1.38. The molecular weight excluding hydrogens is 250 g/mol. The highest BCUT2D eigenvalue weighted by Crippen LogP contribution is 2.30. The van der Waals surface area contributed by atoms with Crippen LogP contribution in [0.1, 0.15) is 0 Å². The molecule has 18 heavy (non-hydrogen) atoms. The average molecular weight is 261 g/mol. The summed E-state index contributed by atoms with van der Waals surface area (Å²) in [6.45, 7) is -0.105. The van der Waals surface area contributed by atoms with Gasteiger partial charge in [0.2, 0.25) is 11.0 Å². The van der Waals surface area contributed by atoms with Gasteiger partial charge in [0.1, 0.15) is 0 Å². The van der Waals surface area contributed by atoms with Gasteiger partial charge in [0, 0.05) is 12.3 Å². The number of carbonyl (C=O) groups is 1. The van der Waals surface area contributed by atoms with Gasteiger partial charge >= 0.3 is 0 Å². The van der Waals surface area contributed by atoms with E-state index in [-0.39, 0.29) is 11.7 Å². The lowest BCUT2D eigenvalue weighted by atomic mass is 10.3. The van der Waals surface area contributed by atoms with E-state index in [4.69, 9.17) is 9.47 Å². The van der Waals surface area contributed by atoms with Crippen LogP contribution in [0.2, 0.25) is 0 Å². The predicted molar refractivity (Wildman–Crippen MR) is 70.2 cm³/mol. The van der Waals surface area contributed by atoms with E-state index in [2.05, 4.69) is 17.6 Å². The number of nitrogens with zero attached hydrogens (tertiary/aromatic N) is 1. The second kappa shape index (κ2) is 6.07. The summed E-state index contributed by atoms with van der Waals surface area (Å²) in [7, 11) is 0. The Morgan fingerprint density at radius 2 is 1.83 bits per heavy atom. The molecule has 0 radical (unpaired) electrons. The molecule has 0 unspecified atom stereocenters. The number of thiol groups is 1. The van der Waals surface area contributed by atoms with Crippen LogP contribution in [0.4, 0.5) is 0 Å². The van der Waals surface area contributed by atoms with Crippen molar-refractivity contribution in [2.75, 3.05) is 6.61 Å². The van der Waals surface area contributed by atoms with Crippen LogP contribution >= 0.6 is 12.6 Å². The van der Waals surface area contributed by atoms with Crippen molar-refractivity contribution in [1.29, 1.82) is 0 Å². The summed E-state index contributed by atoms with van der Waals surface area (Å²) in [5, 5.41) is -0.345. The molecular formula is C13H11NO3S. The monoisotopic (exact) mass is 261 g/mol. The summed E-state index contributed by atoms with van der Waals surface area (Å²) in [6, 6.07) is 12.4. The molecule has 5 heteroatoms. The van der Waals surface area contributed by atoms with Crippen molar-refractivity contribution < 1.29 is 14.3 Å². The summed E-state index contributed by atoms with van der Waals surface area (Å²) >= 11 is 3.64. The number of carbonyl (C=O) groups excluding carboxylic acids is 1. The lowest BCUT2D eigenvalue weighted by molar-refractivity contribution is -0.112. The normalized spacial score (nSPS) is 9.83. The van der Waals surface area contributed by atoms with Crippen molar-refractivity contribution in [2.45, 2.75) is 0 Å². The van der Waals surface area contributed by atoms with Crippen molar-refractivity contribution in [3.05, 3.63) is 48.7 Å². The molecule has 2 aromatic rings. The van der Waals surface area contributed by atoms with E-state index >= 15 is 0 Å². The van der Waals surface area contributed by atoms with E-state index in [9.17, 15) is 4.79 Å². The maximum absolute atomic E-state index is 10.8. The van der Waals surface area contributed by atoms with Crippen LogP contribution < -0.4 is 9.47 Å². The summed E-state index contributed by atoms with van der Waals surface area (Å²) in [4.78, 5) is 14.8. The molecule has 1 heterocycles. The number of hydrogen-bond donors (Lipinski definition) is 1. The second-order valence-corrected chi connectivity index (χ2v) is 3.90. The minimum Gasteiger partial charge on any atom is -0.481 e. The van der Waals surface area contributed by atoms with Crippen molar-refractivity contribution in [2.24, 2.45) is 0 Å². The van der Waals surface area contributed by atoms with Crippen LogP contribution in [0.3, 0.4) is 0 Å². The largest absolute Gasteiger partial charge is 0.481 e. The summed E-state index contributed by atoms with van der Waals surface area (Å²) in [5.41, 5.74) is 0. The van der Waals surface area contributed by atoms with E-state index in [0.717, 1.165) is 0 Å². The summed E-state index contributed by atoms with van der Waals surface area (Å²) in [5.74, 6) is 1.45. The number of benzene rings is 1. The third-order valence-corrected chi connectivity index (χ3v) is 2.18. The Labute approximate surface area is 110 Å². The van der Waals surface area contributed by atoms with Gasteiger partial charge in [-0.3, -0.25) is 4.79 Å². The molecule has 0 bridgehead atoms. The van der Waals surface area contributed by atoms with E-state index in [1.54, 1.807) is 36.5 Å². The van der Waals surface area contributed by atoms with Gasteiger partial charge in [-0.15, -0.1) is 12.6 Å². The third-order valence-electron chi connectivity index (χ3n) is 2.05.